The van der Waals surface area contributed by atoms with Crippen LogP contribution in [0.4, 0.5) is 10.5 Å². The summed E-state index contributed by atoms with van der Waals surface area (Å²) in [4.78, 5) is 37.0. The maximum absolute atomic E-state index is 12.4. The minimum atomic E-state index is -0.888. The molecule has 2 fully saturated rings. The monoisotopic (exact) mass is 292 g/mol. The maximum atomic E-state index is 12.4. The zero-order valence-electron chi connectivity index (χ0n) is 11.5. The lowest BCUT2D eigenvalue weighted by Crippen LogP contribution is -2.55. The molecule has 0 aromatic carbocycles. The molecule has 1 spiro atoms. The number of nitrogen functional groups attached to an aromatic ring is 1. The minimum absolute atomic E-state index is 0.198. The van der Waals surface area contributed by atoms with Gasteiger partial charge in [-0.15, -0.1) is 0 Å². The summed E-state index contributed by atoms with van der Waals surface area (Å²) in [6.07, 6.45) is 0.749. The maximum Gasteiger partial charge on any atom is 0.322 e. The normalized spacial score (nSPS) is 20.5. The van der Waals surface area contributed by atoms with Gasteiger partial charge in [0.05, 0.1) is 11.4 Å². The van der Waals surface area contributed by atoms with E-state index in [1.165, 1.54) is 0 Å². The molecule has 0 unspecified atom stereocenters. The Labute approximate surface area is 120 Å². The SMILES string of the molecule is Cc1[nH]nc(C(=O)N2CCC3(CC2)NC(=O)NC3=O)c1N. The molecule has 0 radical (unpaired) electrons. The molecule has 21 heavy (non-hydrogen) atoms. The predicted octanol–water partition coefficient (Wildman–Crippen LogP) is -0.885. The largest absolute Gasteiger partial charge is 0.395 e. The lowest BCUT2D eigenvalue weighted by atomic mass is 9.87. The van der Waals surface area contributed by atoms with Crippen LogP contribution in [0.25, 0.3) is 0 Å². The summed E-state index contributed by atoms with van der Waals surface area (Å²) in [6, 6.07) is -0.480. The number of carbonyl (C=O) groups is 3. The van der Waals surface area contributed by atoms with Crippen LogP contribution in [0, 0.1) is 6.92 Å². The second-order valence-corrected chi connectivity index (χ2v) is 5.39. The predicted molar refractivity (Wildman–Crippen MR) is 72.3 cm³/mol. The number of aromatic nitrogens is 2. The molecule has 4 amide bonds. The summed E-state index contributed by atoms with van der Waals surface area (Å²) < 4.78 is 0. The highest BCUT2D eigenvalue weighted by atomic mass is 16.2. The molecule has 2 aliphatic rings. The van der Waals surface area contributed by atoms with Crippen LogP contribution in [0.1, 0.15) is 29.0 Å². The number of nitrogens with zero attached hydrogens (tertiary/aromatic N) is 2. The lowest BCUT2D eigenvalue weighted by molar-refractivity contribution is -0.125. The number of likely N-dealkylation sites (tertiary alicyclic amines) is 1. The van der Waals surface area contributed by atoms with Crippen molar-refractivity contribution in [1.29, 1.82) is 0 Å². The van der Waals surface area contributed by atoms with Crippen molar-refractivity contribution in [3.63, 3.8) is 0 Å². The van der Waals surface area contributed by atoms with E-state index in [4.69, 9.17) is 5.73 Å². The van der Waals surface area contributed by atoms with E-state index in [2.05, 4.69) is 20.8 Å². The third-order valence-corrected chi connectivity index (χ3v) is 4.12. The number of aryl methyl sites for hydroxylation is 1. The van der Waals surface area contributed by atoms with Crippen LogP contribution < -0.4 is 16.4 Å². The van der Waals surface area contributed by atoms with Gasteiger partial charge in [-0.1, -0.05) is 0 Å². The number of carbonyl (C=O) groups excluding carboxylic acids is 3. The van der Waals surface area contributed by atoms with Crippen LogP contribution >= 0.6 is 0 Å². The first-order valence-electron chi connectivity index (χ1n) is 6.66. The third-order valence-electron chi connectivity index (χ3n) is 4.12. The lowest BCUT2D eigenvalue weighted by Gasteiger charge is -2.36. The number of aromatic amines is 1. The van der Waals surface area contributed by atoms with Gasteiger partial charge in [0.1, 0.15) is 5.54 Å². The molecule has 2 aliphatic heterocycles. The molecule has 1 aromatic rings. The number of urea groups is 1. The van der Waals surface area contributed by atoms with Crippen LogP contribution in [0.2, 0.25) is 0 Å². The van der Waals surface area contributed by atoms with Gasteiger partial charge in [0.25, 0.3) is 11.8 Å². The zero-order valence-corrected chi connectivity index (χ0v) is 11.5. The average Bonchev–Trinajstić information content (AvgIpc) is 2.91. The van der Waals surface area contributed by atoms with Crippen LogP contribution in [0.5, 0.6) is 0 Å². The number of hydrogen-bond acceptors (Lipinski definition) is 5. The number of rotatable bonds is 1. The summed E-state index contributed by atoms with van der Waals surface area (Å²) in [5, 5.41) is 11.5. The smallest absolute Gasteiger partial charge is 0.322 e. The Morgan fingerprint density at radius 3 is 2.48 bits per heavy atom. The number of imide groups is 1. The molecule has 3 rings (SSSR count). The van der Waals surface area contributed by atoms with E-state index in [1.54, 1.807) is 11.8 Å². The topological polar surface area (TPSA) is 133 Å². The quantitative estimate of drug-likeness (QED) is 0.498. The number of piperidine rings is 1. The van der Waals surface area contributed by atoms with Gasteiger partial charge in [-0.25, -0.2) is 4.79 Å². The second-order valence-electron chi connectivity index (χ2n) is 5.39. The Balaban J connectivity index is 1.71. The first-order valence-corrected chi connectivity index (χ1v) is 6.66. The van der Waals surface area contributed by atoms with Gasteiger partial charge < -0.3 is 16.0 Å². The van der Waals surface area contributed by atoms with Gasteiger partial charge in [-0.2, -0.15) is 5.10 Å². The van der Waals surface area contributed by atoms with Crippen molar-refractivity contribution < 1.29 is 14.4 Å². The first kappa shape index (κ1) is 13.4. The van der Waals surface area contributed by atoms with Gasteiger partial charge in [-0.3, -0.25) is 20.0 Å². The fraction of sp³-hybridized carbons (Fsp3) is 0.500. The van der Waals surface area contributed by atoms with Crippen molar-refractivity contribution >= 4 is 23.5 Å². The van der Waals surface area contributed by atoms with E-state index in [0.717, 1.165) is 0 Å². The molecule has 0 saturated carbocycles. The number of anilines is 1. The molecule has 0 atom stereocenters. The molecule has 3 heterocycles. The fourth-order valence-corrected chi connectivity index (χ4v) is 2.72. The van der Waals surface area contributed by atoms with E-state index in [9.17, 15) is 14.4 Å². The molecular formula is C12H16N6O3. The number of H-pyrrole nitrogens is 1. The summed E-state index contributed by atoms with van der Waals surface area (Å²) in [7, 11) is 0. The molecule has 1 aromatic heterocycles. The first-order chi connectivity index (χ1) is 9.93. The van der Waals surface area contributed by atoms with E-state index in [0.29, 0.717) is 37.3 Å². The summed E-state index contributed by atoms with van der Waals surface area (Å²) >= 11 is 0. The Hall–Kier alpha value is -2.58. The molecule has 0 aliphatic carbocycles. The van der Waals surface area contributed by atoms with Crippen LogP contribution in [0.15, 0.2) is 0 Å². The van der Waals surface area contributed by atoms with Gasteiger partial charge in [0, 0.05) is 13.1 Å². The number of amides is 4. The molecule has 5 N–H and O–H groups in total. The third kappa shape index (κ3) is 2.01. The van der Waals surface area contributed by atoms with Crippen LogP contribution in [-0.2, 0) is 4.79 Å². The standard InChI is InChI=1S/C12H16N6O3/c1-6-7(13)8(17-16-6)9(19)18-4-2-12(3-5-18)10(20)14-11(21)15-12/h2-5,13H2,1H3,(H,16,17)(H2,14,15,20,21). The highest BCUT2D eigenvalue weighted by molar-refractivity contribution is 6.07. The van der Waals surface area contributed by atoms with E-state index < -0.39 is 11.6 Å². The Kier molecular flexibility index (Phi) is 2.85. The van der Waals surface area contributed by atoms with Crippen molar-refractivity contribution in [3.05, 3.63) is 11.4 Å². The minimum Gasteiger partial charge on any atom is -0.395 e. The van der Waals surface area contributed by atoms with Gasteiger partial charge in [0.15, 0.2) is 5.69 Å². The number of nitrogens with two attached hydrogens (primary N) is 1. The van der Waals surface area contributed by atoms with Crippen LogP contribution in [0.3, 0.4) is 0 Å². The molecule has 9 nitrogen and oxygen atoms in total. The highest BCUT2D eigenvalue weighted by Gasteiger charge is 2.48. The Morgan fingerprint density at radius 1 is 1.33 bits per heavy atom. The second kappa shape index (κ2) is 4.47. The molecular weight excluding hydrogens is 276 g/mol. The van der Waals surface area contributed by atoms with Crippen LogP contribution in [-0.4, -0.2) is 51.6 Å². The molecule has 2 saturated heterocycles. The van der Waals surface area contributed by atoms with Gasteiger partial charge in [-0.05, 0) is 19.8 Å². The molecule has 9 heteroatoms. The zero-order chi connectivity index (χ0) is 15.2. The number of nitrogens with one attached hydrogen (secondary N) is 3. The summed E-state index contributed by atoms with van der Waals surface area (Å²) in [5.74, 6) is -0.592. The van der Waals surface area contributed by atoms with Gasteiger partial charge in [0.2, 0.25) is 0 Å². The van der Waals surface area contributed by atoms with Crippen molar-refractivity contribution in [3.8, 4) is 0 Å². The van der Waals surface area contributed by atoms with E-state index in [1.807, 2.05) is 0 Å². The molecule has 112 valence electrons. The Bertz CT molecular complexity index is 629. The Morgan fingerprint density at radius 2 is 2.00 bits per heavy atom. The van der Waals surface area contributed by atoms with Crippen molar-refractivity contribution in [1.82, 2.24) is 25.7 Å². The highest BCUT2D eigenvalue weighted by Crippen LogP contribution is 2.27. The number of hydrogen-bond donors (Lipinski definition) is 4. The fourth-order valence-electron chi connectivity index (χ4n) is 2.72. The van der Waals surface area contributed by atoms with Gasteiger partial charge >= 0.3 is 6.03 Å². The van der Waals surface area contributed by atoms with Crippen molar-refractivity contribution in [2.24, 2.45) is 0 Å². The van der Waals surface area contributed by atoms with Crippen molar-refractivity contribution in [2.45, 2.75) is 25.3 Å². The molecule has 0 bridgehead atoms. The van der Waals surface area contributed by atoms with E-state index >= 15 is 0 Å². The summed E-state index contributed by atoms with van der Waals surface area (Å²) in [5.41, 5.74) is 6.10. The van der Waals surface area contributed by atoms with E-state index in [-0.39, 0.29) is 17.5 Å². The van der Waals surface area contributed by atoms with Crippen molar-refractivity contribution in [2.75, 3.05) is 18.8 Å². The summed E-state index contributed by atoms with van der Waals surface area (Å²) in [6.45, 7) is 2.46. The average molecular weight is 292 g/mol.